The van der Waals surface area contributed by atoms with E-state index < -0.39 is 16.9 Å². The van der Waals surface area contributed by atoms with Crippen molar-refractivity contribution in [3.05, 3.63) is 97.3 Å². The lowest BCUT2D eigenvalue weighted by Crippen LogP contribution is -2.29. The summed E-state index contributed by atoms with van der Waals surface area (Å²) in [6.07, 6.45) is 1.56. The Hall–Kier alpha value is -3.85. The third-order valence-electron chi connectivity index (χ3n) is 4.82. The summed E-state index contributed by atoms with van der Waals surface area (Å²) in [6.45, 7) is 0. The summed E-state index contributed by atoms with van der Waals surface area (Å²) in [4.78, 5) is 42.6. The Balaban J connectivity index is 1.79. The number of amides is 1. The standard InChI is InChI=1S/C20H11N3O5S/c24-17-13-3-1-2-4-14(13)28-18-15(17)16(11-5-7-12(8-6-11)23(26)27)22(19(18)25)20-21-9-10-29-20/h1-10,16H/t16-/m1/s1. The third-order valence-corrected chi connectivity index (χ3v) is 5.59. The van der Waals surface area contributed by atoms with Gasteiger partial charge in [-0.25, -0.2) is 4.98 Å². The average Bonchev–Trinajstić information content (AvgIpc) is 3.35. The zero-order valence-electron chi connectivity index (χ0n) is 14.6. The molecule has 0 radical (unpaired) electrons. The number of fused-ring (bicyclic) bond motifs is 2. The summed E-state index contributed by atoms with van der Waals surface area (Å²) in [5, 5.41) is 13.5. The molecule has 0 N–H and O–H groups in total. The van der Waals surface area contributed by atoms with Gasteiger partial charge < -0.3 is 4.42 Å². The first kappa shape index (κ1) is 17.3. The lowest BCUT2D eigenvalue weighted by atomic mass is 9.98. The maximum Gasteiger partial charge on any atom is 0.297 e. The lowest BCUT2D eigenvalue weighted by molar-refractivity contribution is -0.384. The summed E-state index contributed by atoms with van der Waals surface area (Å²) < 4.78 is 5.82. The van der Waals surface area contributed by atoms with Crippen LogP contribution in [0.15, 0.2) is 69.3 Å². The molecule has 5 rings (SSSR count). The van der Waals surface area contributed by atoms with Gasteiger partial charge in [-0.3, -0.25) is 24.6 Å². The first-order valence-electron chi connectivity index (χ1n) is 8.59. The van der Waals surface area contributed by atoms with E-state index in [0.29, 0.717) is 21.7 Å². The van der Waals surface area contributed by atoms with Gasteiger partial charge in [0.05, 0.1) is 21.9 Å². The van der Waals surface area contributed by atoms with Crippen molar-refractivity contribution in [3.8, 4) is 0 Å². The molecule has 0 saturated carbocycles. The van der Waals surface area contributed by atoms with Crippen LogP contribution in [0.25, 0.3) is 11.0 Å². The molecule has 0 unspecified atom stereocenters. The molecule has 142 valence electrons. The van der Waals surface area contributed by atoms with E-state index in [2.05, 4.69) is 4.98 Å². The number of nitro groups is 1. The van der Waals surface area contributed by atoms with E-state index in [-0.39, 0.29) is 22.4 Å². The van der Waals surface area contributed by atoms with Crippen LogP contribution in [0, 0.1) is 10.1 Å². The predicted octanol–water partition coefficient (Wildman–Crippen LogP) is 3.91. The minimum atomic E-state index is -0.787. The Labute approximate surface area is 166 Å². The van der Waals surface area contributed by atoms with Gasteiger partial charge in [-0.05, 0) is 29.8 Å². The Morgan fingerprint density at radius 2 is 1.86 bits per heavy atom. The molecule has 0 aliphatic carbocycles. The number of carbonyl (C=O) groups is 1. The molecule has 1 amide bonds. The third kappa shape index (κ3) is 2.55. The number of rotatable bonds is 3. The maximum absolute atomic E-state index is 13.3. The molecule has 2 aromatic heterocycles. The van der Waals surface area contributed by atoms with Gasteiger partial charge in [0.1, 0.15) is 5.58 Å². The van der Waals surface area contributed by atoms with E-state index >= 15 is 0 Å². The average molecular weight is 405 g/mol. The van der Waals surface area contributed by atoms with Gasteiger partial charge in [-0.15, -0.1) is 11.3 Å². The summed E-state index contributed by atoms with van der Waals surface area (Å²) in [5.74, 6) is -0.506. The zero-order valence-corrected chi connectivity index (χ0v) is 15.5. The predicted molar refractivity (Wildman–Crippen MR) is 106 cm³/mol. The summed E-state index contributed by atoms with van der Waals surface area (Å²) in [7, 11) is 0. The van der Waals surface area contributed by atoms with Crippen molar-refractivity contribution in [1.29, 1.82) is 0 Å². The Bertz CT molecular complexity index is 1330. The van der Waals surface area contributed by atoms with Crippen molar-refractivity contribution < 1.29 is 14.1 Å². The fraction of sp³-hybridized carbons (Fsp3) is 0.0500. The first-order valence-corrected chi connectivity index (χ1v) is 9.47. The van der Waals surface area contributed by atoms with Crippen LogP contribution in [0.5, 0.6) is 0 Å². The SMILES string of the molecule is O=C1c2oc3ccccc3c(=O)c2[C@@H](c2ccc([N+](=O)[O-])cc2)N1c1nccs1. The van der Waals surface area contributed by atoms with Gasteiger partial charge in [-0.1, -0.05) is 12.1 Å². The lowest BCUT2D eigenvalue weighted by Gasteiger charge is -2.22. The van der Waals surface area contributed by atoms with E-state index in [4.69, 9.17) is 4.42 Å². The number of aromatic nitrogens is 1. The van der Waals surface area contributed by atoms with Crippen LogP contribution in [0.3, 0.4) is 0 Å². The van der Waals surface area contributed by atoms with Crippen LogP contribution >= 0.6 is 11.3 Å². The minimum absolute atomic E-state index is 0.0350. The van der Waals surface area contributed by atoms with Crippen molar-refractivity contribution in [3.63, 3.8) is 0 Å². The van der Waals surface area contributed by atoms with E-state index in [0.717, 1.165) is 0 Å². The number of carbonyl (C=O) groups excluding carboxylic acids is 1. The summed E-state index contributed by atoms with van der Waals surface area (Å²) in [5.41, 5.74) is 0.702. The van der Waals surface area contributed by atoms with Crippen LogP contribution in [-0.2, 0) is 0 Å². The van der Waals surface area contributed by atoms with Crippen molar-refractivity contribution >= 4 is 39.0 Å². The van der Waals surface area contributed by atoms with E-state index in [1.165, 1.54) is 28.4 Å². The molecule has 29 heavy (non-hydrogen) atoms. The van der Waals surface area contributed by atoms with Crippen molar-refractivity contribution in [1.82, 2.24) is 4.98 Å². The number of thiazole rings is 1. The molecule has 0 bridgehead atoms. The molecule has 3 heterocycles. The molecule has 1 aliphatic heterocycles. The van der Waals surface area contributed by atoms with E-state index in [1.807, 2.05) is 0 Å². The molecule has 2 aromatic carbocycles. The largest absolute Gasteiger partial charge is 0.450 e. The molecular formula is C20H11N3O5S. The molecule has 0 spiro atoms. The first-order chi connectivity index (χ1) is 14.1. The Kier molecular flexibility index (Phi) is 3.78. The molecule has 8 nitrogen and oxygen atoms in total. The molecular weight excluding hydrogens is 394 g/mol. The van der Waals surface area contributed by atoms with Crippen molar-refractivity contribution in [2.75, 3.05) is 4.90 Å². The van der Waals surface area contributed by atoms with Gasteiger partial charge in [0.15, 0.2) is 10.6 Å². The number of nitrogens with zero attached hydrogens (tertiary/aromatic N) is 3. The number of anilines is 1. The van der Waals surface area contributed by atoms with Crippen molar-refractivity contribution in [2.45, 2.75) is 6.04 Å². The molecule has 9 heteroatoms. The normalized spacial score (nSPS) is 15.7. The van der Waals surface area contributed by atoms with Crippen LogP contribution < -0.4 is 10.3 Å². The van der Waals surface area contributed by atoms with Crippen LogP contribution in [-0.4, -0.2) is 15.8 Å². The van der Waals surface area contributed by atoms with Gasteiger partial charge in [0.25, 0.3) is 11.6 Å². The highest BCUT2D eigenvalue weighted by Crippen LogP contribution is 2.42. The highest BCUT2D eigenvalue weighted by molar-refractivity contribution is 7.13. The monoisotopic (exact) mass is 405 g/mol. The second-order valence-corrected chi connectivity index (χ2v) is 7.28. The second kappa shape index (κ2) is 6.35. The van der Waals surface area contributed by atoms with Crippen molar-refractivity contribution in [2.24, 2.45) is 0 Å². The van der Waals surface area contributed by atoms with Crippen LogP contribution in [0.1, 0.15) is 27.7 Å². The van der Waals surface area contributed by atoms with Gasteiger partial charge >= 0.3 is 0 Å². The van der Waals surface area contributed by atoms with E-state index in [1.54, 1.807) is 48.0 Å². The second-order valence-electron chi connectivity index (χ2n) is 6.41. The number of nitro benzene ring substituents is 1. The van der Waals surface area contributed by atoms with Gasteiger partial charge in [0.2, 0.25) is 5.76 Å². The molecule has 4 aromatic rings. The topological polar surface area (TPSA) is 107 Å². The fourth-order valence-corrected chi connectivity index (χ4v) is 4.21. The maximum atomic E-state index is 13.3. The highest BCUT2D eigenvalue weighted by atomic mass is 32.1. The highest BCUT2D eigenvalue weighted by Gasteiger charge is 2.44. The van der Waals surface area contributed by atoms with Crippen LogP contribution in [0.4, 0.5) is 10.8 Å². The number of hydrogen-bond donors (Lipinski definition) is 0. The summed E-state index contributed by atoms with van der Waals surface area (Å²) in [6, 6.07) is 11.7. The molecule has 0 saturated heterocycles. The zero-order chi connectivity index (χ0) is 20.1. The summed E-state index contributed by atoms with van der Waals surface area (Å²) >= 11 is 1.25. The fourth-order valence-electron chi connectivity index (χ4n) is 3.55. The Morgan fingerprint density at radius 1 is 1.10 bits per heavy atom. The van der Waals surface area contributed by atoms with Gasteiger partial charge in [0, 0.05) is 23.7 Å². The number of hydrogen-bond acceptors (Lipinski definition) is 7. The number of para-hydroxylation sites is 1. The smallest absolute Gasteiger partial charge is 0.297 e. The quantitative estimate of drug-likeness (QED) is 0.378. The minimum Gasteiger partial charge on any atom is -0.450 e. The molecule has 1 atom stereocenters. The molecule has 1 aliphatic rings. The van der Waals surface area contributed by atoms with Gasteiger partial charge in [-0.2, -0.15) is 0 Å². The van der Waals surface area contributed by atoms with E-state index in [9.17, 15) is 19.7 Å². The number of benzene rings is 2. The number of non-ortho nitro benzene ring substituents is 1. The Morgan fingerprint density at radius 3 is 2.55 bits per heavy atom. The van der Waals surface area contributed by atoms with Crippen LogP contribution in [0.2, 0.25) is 0 Å². The molecule has 0 fully saturated rings.